The van der Waals surface area contributed by atoms with Crippen LogP contribution in [0.1, 0.15) is 29.8 Å². The SMILES string of the molecule is CC(C(=O)NCc1cc(C(F)(F)F)nn1-c1cccc(Cl)c1)c1cccc2cnccc12. The van der Waals surface area contributed by atoms with Gasteiger partial charge in [0, 0.05) is 22.8 Å². The Hall–Kier alpha value is -3.39. The Morgan fingerprint density at radius 1 is 1.16 bits per heavy atom. The molecule has 2 heterocycles. The van der Waals surface area contributed by atoms with Gasteiger partial charge in [-0.15, -0.1) is 0 Å². The van der Waals surface area contributed by atoms with Gasteiger partial charge in [-0.2, -0.15) is 18.3 Å². The summed E-state index contributed by atoms with van der Waals surface area (Å²) in [5.74, 6) is -0.840. The van der Waals surface area contributed by atoms with Gasteiger partial charge in [0.05, 0.1) is 23.8 Å². The summed E-state index contributed by atoms with van der Waals surface area (Å²) in [7, 11) is 0. The minimum atomic E-state index is -4.62. The molecule has 0 fully saturated rings. The molecule has 0 radical (unpaired) electrons. The third-order valence-corrected chi connectivity index (χ3v) is 5.38. The van der Waals surface area contributed by atoms with Crippen molar-refractivity contribution in [3.05, 3.63) is 89.0 Å². The Balaban J connectivity index is 1.60. The van der Waals surface area contributed by atoms with E-state index in [-0.39, 0.29) is 18.1 Å². The lowest BCUT2D eigenvalue weighted by Crippen LogP contribution is -2.28. The lowest BCUT2D eigenvalue weighted by molar-refractivity contribution is -0.141. The Bertz CT molecular complexity index is 1280. The van der Waals surface area contributed by atoms with Gasteiger partial charge in [-0.1, -0.05) is 35.9 Å². The number of hydrogen-bond acceptors (Lipinski definition) is 3. The number of carbonyl (C=O) groups is 1. The molecule has 9 heteroatoms. The van der Waals surface area contributed by atoms with Crippen LogP contribution in [0.4, 0.5) is 13.2 Å². The highest BCUT2D eigenvalue weighted by Gasteiger charge is 2.35. The second-order valence-electron chi connectivity index (χ2n) is 7.29. The van der Waals surface area contributed by atoms with Gasteiger partial charge in [0.15, 0.2) is 5.69 Å². The number of alkyl halides is 3. The molecule has 0 saturated carbocycles. The third-order valence-electron chi connectivity index (χ3n) is 5.14. The van der Waals surface area contributed by atoms with Crippen molar-refractivity contribution in [1.82, 2.24) is 20.1 Å². The molecule has 0 aliphatic heterocycles. The molecule has 164 valence electrons. The van der Waals surface area contributed by atoms with E-state index in [4.69, 9.17) is 11.6 Å². The maximum atomic E-state index is 13.3. The fraction of sp³-hybridized carbons (Fsp3) is 0.174. The molecule has 1 N–H and O–H groups in total. The predicted molar refractivity (Wildman–Crippen MR) is 116 cm³/mol. The third kappa shape index (κ3) is 4.45. The largest absolute Gasteiger partial charge is 0.435 e. The van der Waals surface area contributed by atoms with Crippen LogP contribution >= 0.6 is 11.6 Å². The Morgan fingerprint density at radius 3 is 2.69 bits per heavy atom. The normalized spacial score (nSPS) is 12.7. The van der Waals surface area contributed by atoms with E-state index in [0.29, 0.717) is 10.7 Å². The summed E-state index contributed by atoms with van der Waals surface area (Å²) in [5.41, 5.74) is 0.312. The number of rotatable bonds is 5. The number of amides is 1. The highest BCUT2D eigenvalue weighted by atomic mass is 35.5. The van der Waals surface area contributed by atoms with E-state index in [9.17, 15) is 18.0 Å². The molecular weight excluding hydrogens is 441 g/mol. The van der Waals surface area contributed by atoms with Crippen molar-refractivity contribution in [1.29, 1.82) is 0 Å². The van der Waals surface area contributed by atoms with Crippen molar-refractivity contribution < 1.29 is 18.0 Å². The smallest absolute Gasteiger partial charge is 0.350 e. The molecule has 0 bridgehead atoms. The van der Waals surface area contributed by atoms with Crippen molar-refractivity contribution in [3.63, 3.8) is 0 Å². The molecule has 4 aromatic rings. The molecule has 0 aliphatic rings. The van der Waals surface area contributed by atoms with Gasteiger partial charge in [-0.3, -0.25) is 9.78 Å². The van der Waals surface area contributed by atoms with Crippen LogP contribution < -0.4 is 5.32 Å². The first-order chi connectivity index (χ1) is 15.2. The number of fused-ring (bicyclic) bond motifs is 1. The highest BCUT2D eigenvalue weighted by Crippen LogP contribution is 2.30. The predicted octanol–water partition coefficient (Wildman–Crippen LogP) is 5.51. The maximum absolute atomic E-state index is 13.3. The Kier molecular flexibility index (Phi) is 5.88. The number of nitrogens with one attached hydrogen (secondary N) is 1. The first-order valence-electron chi connectivity index (χ1n) is 9.76. The van der Waals surface area contributed by atoms with Crippen LogP contribution in [0, 0.1) is 0 Å². The van der Waals surface area contributed by atoms with Gasteiger partial charge in [-0.25, -0.2) is 4.68 Å². The summed E-state index contributed by atoms with van der Waals surface area (Å²) in [5, 5.41) is 8.59. The molecule has 2 aromatic heterocycles. The quantitative estimate of drug-likeness (QED) is 0.429. The van der Waals surface area contributed by atoms with E-state index >= 15 is 0 Å². The van der Waals surface area contributed by atoms with Gasteiger partial charge >= 0.3 is 6.18 Å². The molecular formula is C23H18ClF3N4O. The Morgan fingerprint density at radius 2 is 1.94 bits per heavy atom. The number of aromatic nitrogens is 3. The van der Waals surface area contributed by atoms with Crippen LogP contribution in [-0.4, -0.2) is 20.7 Å². The molecule has 1 atom stereocenters. The van der Waals surface area contributed by atoms with Crippen LogP contribution in [0.3, 0.4) is 0 Å². The summed E-state index contributed by atoms with van der Waals surface area (Å²) >= 11 is 5.99. The number of hydrogen-bond donors (Lipinski definition) is 1. The van der Waals surface area contributed by atoms with E-state index in [2.05, 4.69) is 15.4 Å². The van der Waals surface area contributed by atoms with Gasteiger partial charge in [-0.05, 0) is 48.2 Å². The van der Waals surface area contributed by atoms with Crippen molar-refractivity contribution >= 4 is 28.3 Å². The van der Waals surface area contributed by atoms with Crippen LogP contribution in [0.25, 0.3) is 16.5 Å². The van der Waals surface area contributed by atoms with Crippen molar-refractivity contribution in [3.8, 4) is 5.69 Å². The molecule has 4 rings (SSSR count). The molecule has 0 spiro atoms. The maximum Gasteiger partial charge on any atom is 0.435 e. The van der Waals surface area contributed by atoms with E-state index < -0.39 is 17.8 Å². The van der Waals surface area contributed by atoms with E-state index in [1.165, 1.54) is 6.07 Å². The number of pyridine rings is 1. The van der Waals surface area contributed by atoms with Gasteiger partial charge < -0.3 is 5.32 Å². The summed E-state index contributed by atoms with van der Waals surface area (Å²) in [6, 6.07) is 14.7. The lowest BCUT2D eigenvalue weighted by atomic mass is 9.95. The molecule has 1 unspecified atom stereocenters. The monoisotopic (exact) mass is 458 g/mol. The zero-order valence-corrected chi connectivity index (χ0v) is 17.7. The first kappa shape index (κ1) is 21.8. The summed E-state index contributed by atoms with van der Waals surface area (Å²) < 4.78 is 41.0. The van der Waals surface area contributed by atoms with Crippen molar-refractivity contribution in [2.75, 3.05) is 0 Å². The fourth-order valence-electron chi connectivity index (χ4n) is 3.51. The van der Waals surface area contributed by atoms with Crippen LogP contribution in [-0.2, 0) is 17.5 Å². The average Bonchev–Trinajstić information content (AvgIpc) is 3.21. The van der Waals surface area contributed by atoms with E-state index in [1.54, 1.807) is 37.5 Å². The number of halogens is 4. The van der Waals surface area contributed by atoms with Crippen LogP contribution in [0.15, 0.2) is 67.0 Å². The standard InChI is InChI=1S/C23H18ClF3N4O/c1-14(19-7-2-4-15-12-28-9-8-20(15)19)22(32)29-13-18-11-21(23(25,26)27)30-31(18)17-6-3-5-16(24)10-17/h2-12,14H,13H2,1H3,(H,29,32). The van der Waals surface area contributed by atoms with E-state index in [0.717, 1.165) is 27.1 Å². The topological polar surface area (TPSA) is 59.8 Å². The number of nitrogens with zero attached hydrogens (tertiary/aromatic N) is 3. The van der Waals surface area contributed by atoms with Crippen molar-refractivity contribution in [2.45, 2.75) is 25.6 Å². The highest BCUT2D eigenvalue weighted by molar-refractivity contribution is 6.30. The number of benzene rings is 2. The van der Waals surface area contributed by atoms with Crippen molar-refractivity contribution in [2.24, 2.45) is 0 Å². The second-order valence-corrected chi connectivity index (χ2v) is 7.73. The Labute approximate surface area is 186 Å². The zero-order valence-electron chi connectivity index (χ0n) is 16.9. The molecule has 0 saturated heterocycles. The number of carbonyl (C=O) groups excluding carboxylic acids is 1. The zero-order chi connectivity index (χ0) is 22.9. The van der Waals surface area contributed by atoms with Gasteiger partial charge in [0.1, 0.15) is 0 Å². The molecule has 5 nitrogen and oxygen atoms in total. The summed E-state index contributed by atoms with van der Waals surface area (Å²) in [4.78, 5) is 17.0. The molecule has 32 heavy (non-hydrogen) atoms. The summed E-state index contributed by atoms with van der Waals surface area (Å²) in [6.07, 6.45) is -1.25. The second kappa shape index (κ2) is 8.63. The molecule has 2 aromatic carbocycles. The minimum absolute atomic E-state index is 0.134. The van der Waals surface area contributed by atoms with Gasteiger partial charge in [0.25, 0.3) is 0 Å². The molecule has 0 aliphatic carbocycles. The first-order valence-corrected chi connectivity index (χ1v) is 10.1. The van der Waals surface area contributed by atoms with Gasteiger partial charge in [0.2, 0.25) is 5.91 Å². The molecule has 1 amide bonds. The minimum Gasteiger partial charge on any atom is -0.350 e. The van der Waals surface area contributed by atoms with Crippen LogP contribution in [0.5, 0.6) is 0 Å². The lowest BCUT2D eigenvalue weighted by Gasteiger charge is -2.15. The average molecular weight is 459 g/mol. The van der Waals surface area contributed by atoms with E-state index in [1.807, 2.05) is 24.3 Å². The fourth-order valence-corrected chi connectivity index (χ4v) is 3.70. The van der Waals surface area contributed by atoms with Crippen LogP contribution in [0.2, 0.25) is 5.02 Å². The summed E-state index contributed by atoms with van der Waals surface area (Å²) in [6.45, 7) is 1.62.